The van der Waals surface area contributed by atoms with Gasteiger partial charge in [-0.25, -0.2) is 4.79 Å². The van der Waals surface area contributed by atoms with Gasteiger partial charge in [-0.05, 0) is 63.7 Å². The van der Waals surface area contributed by atoms with Crippen molar-refractivity contribution in [1.82, 2.24) is 15.5 Å². The van der Waals surface area contributed by atoms with Crippen LogP contribution in [0.25, 0.3) is 0 Å². The molecule has 1 saturated heterocycles. The Morgan fingerprint density at radius 1 is 1.08 bits per heavy atom. The van der Waals surface area contributed by atoms with Crippen molar-refractivity contribution >= 4 is 17.9 Å². The highest BCUT2D eigenvalue weighted by Gasteiger charge is 2.42. The first-order valence-corrected chi connectivity index (χ1v) is 10.0. The molecule has 3 rings (SSSR count). The number of carbonyl (C=O) groups excluding carboxylic acids is 3. The number of fused-ring (bicyclic) bond motifs is 2. The average molecular weight is 365 g/mol. The second-order valence-electron chi connectivity index (χ2n) is 8.03. The normalized spacial score (nSPS) is 29.3. The smallest absolute Gasteiger partial charge is 0.409 e. The van der Waals surface area contributed by atoms with Crippen molar-refractivity contribution in [1.29, 1.82) is 0 Å². The summed E-state index contributed by atoms with van der Waals surface area (Å²) in [5.41, 5.74) is 0. The summed E-state index contributed by atoms with van der Waals surface area (Å²) in [5, 5.41) is 5.71. The van der Waals surface area contributed by atoms with Crippen LogP contribution in [0.4, 0.5) is 4.79 Å². The van der Waals surface area contributed by atoms with Crippen LogP contribution in [-0.2, 0) is 14.3 Å². The van der Waals surface area contributed by atoms with Gasteiger partial charge in [0.25, 0.3) is 0 Å². The van der Waals surface area contributed by atoms with E-state index in [4.69, 9.17) is 4.74 Å². The van der Waals surface area contributed by atoms with E-state index in [0.29, 0.717) is 44.4 Å². The number of piperidine rings is 1. The third kappa shape index (κ3) is 4.30. The quantitative estimate of drug-likeness (QED) is 0.742. The summed E-state index contributed by atoms with van der Waals surface area (Å²) in [6.45, 7) is 5.23. The van der Waals surface area contributed by atoms with Crippen molar-refractivity contribution in [2.24, 2.45) is 17.8 Å². The van der Waals surface area contributed by atoms with E-state index in [2.05, 4.69) is 10.6 Å². The van der Waals surface area contributed by atoms with E-state index in [-0.39, 0.29) is 18.2 Å². The first kappa shape index (κ1) is 19.0. The van der Waals surface area contributed by atoms with Gasteiger partial charge in [0.2, 0.25) is 0 Å². The Bertz CT molecular complexity index is 545. The number of nitrogens with zero attached hydrogens (tertiary/aromatic N) is 1. The molecular formula is C19H31N3O4. The van der Waals surface area contributed by atoms with Crippen LogP contribution < -0.4 is 10.6 Å². The molecule has 2 N–H and O–H groups in total. The van der Waals surface area contributed by atoms with Crippen molar-refractivity contribution in [2.75, 3.05) is 19.7 Å². The molecule has 2 saturated carbocycles. The Labute approximate surface area is 155 Å². The van der Waals surface area contributed by atoms with Crippen LogP contribution in [0.3, 0.4) is 0 Å². The standard InChI is InChI=1S/C19H31N3O4/c1-3-26-19(25)22-8-6-15(7-9-22)21-18(24)17(23)20-12(2)16-11-13-4-5-14(16)10-13/h12-16H,3-11H2,1-2H3,(H,20,23)(H,21,24). The van der Waals surface area contributed by atoms with E-state index in [1.54, 1.807) is 11.8 Å². The molecule has 1 heterocycles. The lowest BCUT2D eigenvalue weighted by molar-refractivity contribution is -0.140. The molecule has 26 heavy (non-hydrogen) atoms. The molecule has 2 aliphatic carbocycles. The lowest BCUT2D eigenvalue weighted by Crippen LogP contribution is -2.52. The highest BCUT2D eigenvalue weighted by Crippen LogP contribution is 2.49. The van der Waals surface area contributed by atoms with Gasteiger partial charge in [0, 0.05) is 25.2 Å². The minimum absolute atomic E-state index is 0.0502. The first-order valence-electron chi connectivity index (χ1n) is 10.0. The minimum atomic E-state index is -0.561. The molecule has 4 unspecified atom stereocenters. The van der Waals surface area contributed by atoms with Gasteiger partial charge < -0.3 is 20.3 Å². The number of rotatable bonds is 4. The van der Waals surface area contributed by atoms with E-state index in [0.717, 1.165) is 5.92 Å². The summed E-state index contributed by atoms with van der Waals surface area (Å²) in [5.74, 6) is 0.953. The Morgan fingerprint density at radius 2 is 1.81 bits per heavy atom. The van der Waals surface area contributed by atoms with Crippen LogP contribution in [0, 0.1) is 17.8 Å². The molecule has 0 aromatic carbocycles. The fourth-order valence-electron chi connectivity index (χ4n) is 4.96. The molecule has 3 amide bonds. The summed E-state index contributed by atoms with van der Waals surface area (Å²) < 4.78 is 4.98. The van der Waals surface area contributed by atoms with E-state index < -0.39 is 11.8 Å². The van der Waals surface area contributed by atoms with E-state index in [1.165, 1.54) is 25.7 Å². The van der Waals surface area contributed by atoms with Crippen LogP contribution in [0.5, 0.6) is 0 Å². The predicted octanol–water partition coefficient (Wildman–Crippen LogP) is 1.66. The lowest BCUT2D eigenvalue weighted by Gasteiger charge is -2.32. The van der Waals surface area contributed by atoms with Gasteiger partial charge in [-0.3, -0.25) is 9.59 Å². The maximum absolute atomic E-state index is 12.2. The van der Waals surface area contributed by atoms with Gasteiger partial charge in [0.15, 0.2) is 0 Å². The molecular weight excluding hydrogens is 334 g/mol. The minimum Gasteiger partial charge on any atom is -0.450 e. The fraction of sp³-hybridized carbons (Fsp3) is 0.842. The third-order valence-corrected chi connectivity index (χ3v) is 6.36. The second-order valence-corrected chi connectivity index (χ2v) is 8.03. The van der Waals surface area contributed by atoms with E-state index in [9.17, 15) is 14.4 Å². The van der Waals surface area contributed by atoms with Crippen molar-refractivity contribution in [3.63, 3.8) is 0 Å². The number of amides is 3. The van der Waals surface area contributed by atoms with Gasteiger partial charge in [-0.15, -0.1) is 0 Å². The monoisotopic (exact) mass is 365 g/mol. The summed E-state index contributed by atoms with van der Waals surface area (Å²) in [6.07, 6.45) is 6.03. The maximum atomic E-state index is 12.2. The van der Waals surface area contributed by atoms with Crippen LogP contribution in [-0.4, -0.2) is 54.6 Å². The molecule has 1 aliphatic heterocycles. The van der Waals surface area contributed by atoms with Gasteiger partial charge in [0.05, 0.1) is 6.61 Å². The lowest BCUT2D eigenvalue weighted by atomic mass is 9.84. The number of nitrogens with one attached hydrogen (secondary N) is 2. The molecule has 4 atom stereocenters. The Kier molecular flexibility index (Phi) is 6.04. The Morgan fingerprint density at radius 3 is 2.38 bits per heavy atom. The summed E-state index contributed by atoms with van der Waals surface area (Å²) in [6, 6.07) is -0.0223. The maximum Gasteiger partial charge on any atom is 0.409 e. The molecule has 7 heteroatoms. The predicted molar refractivity (Wildman–Crippen MR) is 96.3 cm³/mol. The summed E-state index contributed by atoms with van der Waals surface area (Å²) in [7, 11) is 0. The zero-order valence-electron chi connectivity index (χ0n) is 15.8. The summed E-state index contributed by atoms with van der Waals surface area (Å²) >= 11 is 0. The van der Waals surface area contributed by atoms with Gasteiger partial charge in [0.1, 0.15) is 0 Å². The van der Waals surface area contributed by atoms with Gasteiger partial charge >= 0.3 is 17.9 Å². The molecule has 0 aromatic rings. The highest BCUT2D eigenvalue weighted by molar-refractivity contribution is 6.35. The number of carbonyl (C=O) groups is 3. The molecule has 0 radical (unpaired) electrons. The largest absolute Gasteiger partial charge is 0.450 e. The van der Waals surface area contributed by atoms with Gasteiger partial charge in [-0.2, -0.15) is 0 Å². The highest BCUT2D eigenvalue weighted by atomic mass is 16.6. The molecule has 3 aliphatic rings. The van der Waals surface area contributed by atoms with Crippen LogP contribution in [0.2, 0.25) is 0 Å². The summed E-state index contributed by atoms with van der Waals surface area (Å²) in [4.78, 5) is 37.8. The molecule has 2 bridgehead atoms. The van der Waals surface area contributed by atoms with Crippen molar-refractivity contribution in [2.45, 2.75) is 64.5 Å². The van der Waals surface area contributed by atoms with Crippen LogP contribution in [0.15, 0.2) is 0 Å². The molecule has 146 valence electrons. The molecule has 0 aromatic heterocycles. The van der Waals surface area contributed by atoms with Crippen molar-refractivity contribution in [3.05, 3.63) is 0 Å². The molecule has 3 fully saturated rings. The fourth-order valence-corrected chi connectivity index (χ4v) is 4.96. The number of hydrogen-bond acceptors (Lipinski definition) is 4. The number of ether oxygens (including phenoxy) is 1. The van der Waals surface area contributed by atoms with Gasteiger partial charge in [-0.1, -0.05) is 6.42 Å². The number of hydrogen-bond donors (Lipinski definition) is 2. The Balaban J connectivity index is 1.39. The Hall–Kier alpha value is -1.79. The first-order chi connectivity index (χ1) is 12.5. The zero-order valence-corrected chi connectivity index (χ0v) is 15.8. The third-order valence-electron chi connectivity index (χ3n) is 6.36. The van der Waals surface area contributed by atoms with Crippen molar-refractivity contribution < 1.29 is 19.1 Å². The number of likely N-dealkylation sites (tertiary alicyclic amines) is 1. The SMILES string of the molecule is CCOC(=O)N1CCC(NC(=O)C(=O)NC(C)C2CC3CCC2C3)CC1. The van der Waals surface area contributed by atoms with E-state index in [1.807, 2.05) is 6.92 Å². The second kappa shape index (κ2) is 8.27. The van der Waals surface area contributed by atoms with E-state index >= 15 is 0 Å². The average Bonchev–Trinajstić information content (AvgIpc) is 3.25. The van der Waals surface area contributed by atoms with Crippen molar-refractivity contribution in [3.8, 4) is 0 Å². The molecule has 7 nitrogen and oxygen atoms in total. The van der Waals surface area contributed by atoms with Crippen LogP contribution in [0.1, 0.15) is 52.4 Å². The molecule has 0 spiro atoms. The zero-order chi connectivity index (χ0) is 18.7. The topological polar surface area (TPSA) is 87.7 Å². The van der Waals surface area contributed by atoms with Crippen LogP contribution >= 0.6 is 0 Å².